The Morgan fingerprint density at radius 3 is 2.88 bits per heavy atom. The summed E-state index contributed by atoms with van der Waals surface area (Å²) >= 11 is 11.4. The van der Waals surface area contributed by atoms with Gasteiger partial charge in [-0.3, -0.25) is 4.79 Å². The van der Waals surface area contributed by atoms with Crippen molar-refractivity contribution < 1.29 is 9.53 Å². The highest BCUT2D eigenvalue weighted by atomic mass is 35.5. The van der Waals surface area contributed by atoms with Crippen LogP contribution in [-0.2, 0) is 4.74 Å². The zero-order valence-electron chi connectivity index (χ0n) is 9.67. The van der Waals surface area contributed by atoms with Crippen molar-refractivity contribution >= 4 is 29.1 Å². The summed E-state index contributed by atoms with van der Waals surface area (Å²) in [6.45, 7) is 3.11. The van der Waals surface area contributed by atoms with Crippen LogP contribution in [0.25, 0.3) is 0 Å². The Bertz CT molecular complexity index is 399. The van der Waals surface area contributed by atoms with Gasteiger partial charge in [0.1, 0.15) is 5.15 Å². The first-order valence-electron chi connectivity index (χ1n) is 5.12. The monoisotopic (exact) mass is 276 g/mol. The lowest BCUT2D eigenvalue weighted by molar-refractivity contribution is 0.0933. The molecular weight excluding hydrogens is 263 g/mol. The van der Waals surface area contributed by atoms with Gasteiger partial charge in [0.25, 0.3) is 5.91 Å². The molecule has 0 aliphatic carbocycles. The zero-order chi connectivity index (χ0) is 12.8. The molecular formula is C11H14Cl2N2O2. The summed E-state index contributed by atoms with van der Waals surface area (Å²) in [5.41, 5.74) is 0.393. The number of carbonyl (C=O) groups excluding carboxylic acids is 1. The van der Waals surface area contributed by atoms with Crippen molar-refractivity contribution in [3.63, 3.8) is 0 Å². The predicted molar refractivity (Wildman–Crippen MR) is 67.6 cm³/mol. The van der Waals surface area contributed by atoms with Crippen molar-refractivity contribution in [1.29, 1.82) is 0 Å². The average molecular weight is 277 g/mol. The van der Waals surface area contributed by atoms with E-state index in [0.29, 0.717) is 18.7 Å². The maximum atomic E-state index is 11.7. The van der Waals surface area contributed by atoms with E-state index < -0.39 is 0 Å². The van der Waals surface area contributed by atoms with Gasteiger partial charge in [-0.05, 0) is 12.0 Å². The van der Waals surface area contributed by atoms with E-state index in [2.05, 4.69) is 10.3 Å². The number of aromatic nitrogens is 1. The lowest BCUT2D eigenvalue weighted by Gasteiger charge is -2.11. The molecule has 1 rings (SSSR count). The van der Waals surface area contributed by atoms with Crippen LogP contribution in [0.1, 0.15) is 17.3 Å². The van der Waals surface area contributed by atoms with Crippen molar-refractivity contribution in [2.24, 2.45) is 5.92 Å². The van der Waals surface area contributed by atoms with Gasteiger partial charge in [0.2, 0.25) is 0 Å². The van der Waals surface area contributed by atoms with Crippen LogP contribution >= 0.6 is 23.2 Å². The lowest BCUT2D eigenvalue weighted by Crippen LogP contribution is -2.29. The Hall–Kier alpha value is -0.840. The van der Waals surface area contributed by atoms with Crippen molar-refractivity contribution in [2.45, 2.75) is 6.92 Å². The third kappa shape index (κ3) is 4.50. The van der Waals surface area contributed by atoms with Gasteiger partial charge in [-0.1, -0.05) is 30.1 Å². The highest BCUT2D eigenvalue weighted by molar-refractivity contribution is 6.41. The number of pyridine rings is 1. The Kier molecular flexibility index (Phi) is 5.68. The third-order valence-corrected chi connectivity index (χ3v) is 2.81. The lowest BCUT2D eigenvalue weighted by atomic mass is 10.2. The highest BCUT2D eigenvalue weighted by Crippen LogP contribution is 2.19. The van der Waals surface area contributed by atoms with Gasteiger partial charge >= 0.3 is 0 Å². The molecule has 0 fully saturated rings. The highest BCUT2D eigenvalue weighted by Gasteiger charge is 2.10. The maximum absolute atomic E-state index is 11.7. The number of amides is 1. The number of halogens is 2. The summed E-state index contributed by atoms with van der Waals surface area (Å²) < 4.78 is 4.97. The van der Waals surface area contributed by atoms with Gasteiger partial charge in [-0.2, -0.15) is 0 Å². The van der Waals surface area contributed by atoms with E-state index in [1.807, 2.05) is 6.92 Å². The normalized spacial score (nSPS) is 12.2. The second-order valence-corrected chi connectivity index (χ2v) is 4.53. The quantitative estimate of drug-likeness (QED) is 0.841. The van der Waals surface area contributed by atoms with Crippen molar-refractivity contribution in [2.75, 3.05) is 20.3 Å². The molecule has 1 amide bonds. The molecule has 94 valence electrons. The van der Waals surface area contributed by atoms with Crippen LogP contribution in [-0.4, -0.2) is 31.2 Å². The molecule has 6 heteroatoms. The summed E-state index contributed by atoms with van der Waals surface area (Å²) in [5.74, 6) is 0.0266. The summed E-state index contributed by atoms with van der Waals surface area (Å²) in [5, 5.41) is 3.23. The van der Waals surface area contributed by atoms with Gasteiger partial charge in [-0.15, -0.1) is 0 Å². The number of ether oxygens (including phenoxy) is 1. The smallest absolute Gasteiger partial charge is 0.252 e. The number of hydrogen-bond donors (Lipinski definition) is 1. The third-order valence-electron chi connectivity index (χ3n) is 2.12. The van der Waals surface area contributed by atoms with Crippen LogP contribution in [0.4, 0.5) is 0 Å². The van der Waals surface area contributed by atoms with E-state index in [4.69, 9.17) is 27.9 Å². The van der Waals surface area contributed by atoms with Gasteiger partial charge in [0.05, 0.1) is 17.2 Å². The number of carbonyl (C=O) groups is 1. The molecule has 1 N–H and O–H groups in total. The minimum atomic E-state index is -0.223. The molecule has 1 heterocycles. The molecule has 0 spiro atoms. The SMILES string of the molecule is COCC(C)CNC(=O)c1cnc(Cl)c(Cl)c1. The van der Waals surface area contributed by atoms with E-state index in [-0.39, 0.29) is 22.0 Å². The molecule has 0 saturated carbocycles. The van der Waals surface area contributed by atoms with Crippen LogP contribution < -0.4 is 5.32 Å². The molecule has 0 aliphatic heterocycles. The van der Waals surface area contributed by atoms with E-state index in [1.54, 1.807) is 7.11 Å². The first kappa shape index (κ1) is 14.2. The van der Waals surface area contributed by atoms with E-state index in [0.717, 1.165) is 0 Å². The molecule has 1 atom stereocenters. The first-order chi connectivity index (χ1) is 8.04. The van der Waals surface area contributed by atoms with Gasteiger partial charge in [0.15, 0.2) is 0 Å². The molecule has 4 nitrogen and oxygen atoms in total. The molecule has 0 aromatic carbocycles. The molecule has 0 bridgehead atoms. The van der Waals surface area contributed by atoms with E-state index >= 15 is 0 Å². The van der Waals surface area contributed by atoms with Crippen molar-refractivity contribution in [3.8, 4) is 0 Å². The van der Waals surface area contributed by atoms with Crippen molar-refractivity contribution in [3.05, 3.63) is 28.0 Å². The summed E-state index contributed by atoms with van der Waals surface area (Å²) in [6, 6.07) is 1.49. The van der Waals surface area contributed by atoms with Crippen LogP contribution in [0.15, 0.2) is 12.3 Å². The van der Waals surface area contributed by atoms with Crippen molar-refractivity contribution in [1.82, 2.24) is 10.3 Å². The molecule has 0 saturated heterocycles. The Balaban J connectivity index is 2.55. The van der Waals surface area contributed by atoms with Crippen LogP contribution in [0.3, 0.4) is 0 Å². The minimum Gasteiger partial charge on any atom is -0.384 e. The number of hydrogen-bond acceptors (Lipinski definition) is 3. The zero-order valence-corrected chi connectivity index (χ0v) is 11.2. The molecule has 0 radical (unpaired) electrons. The molecule has 1 aromatic heterocycles. The number of nitrogens with zero attached hydrogens (tertiary/aromatic N) is 1. The van der Waals surface area contributed by atoms with Gasteiger partial charge in [0, 0.05) is 19.9 Å². The predicted octanol–water partition coefficient (Wildman–Crippen LogP) is 2.40. The van der Waals surface area contributed by atoms with Gasteiger partial charge in [-0.25, -0.2) is 4.98 Å². The molecule has 1 aromatic rings. The van der Waals surface area contributed by atoms with Crippen LogP contribution in [0.5, 0.6) is 0 Å². The minimum absolute atomic E-state index is 0.191. The average Bonchev–Trinajstić information content (AvgIpc) is 2.30. The summed E-state index contributed by atoms with van der Waals surface area (Å²) in [7, 11) is 1.63. The second-order valence-electron chi connectivity index (χ2n) is 3.77. The fraction of sp³-hybridized carbons (Fsp3) is 0.455. The number of rotatable bonds is 5. The largest absolute Gasteiger partial charge is 0.384 e. The topological polar surface area (TPSA) is 51.2 Å². The first-order valence-corrected chi connectivity index (χ1v) is 5.88. The van der Waals surface area contributed by atoms with Crippen LogP contribution in [0, 0.1) is 5.92 Å². The molecule has 0 aliphatic rings. The maximum Gasteiger partial charge on any atom is 0.252 e. The number of methoxy groups -OCH3 is 1. The fourth-order valence-electron chi connectivity index (χ4n) is 1.26. The Morgan fingerprint density at radius 2 is 2.29 bits per heavy atom. The second kappa shape index (κ2) is 6.79. The van der Waals surface area contributed by atoms with E-state index in [1.165, 1.54) is 12.3 Å². The fourth-order valence-corrected chi connectivity index (χ4v) is 1.53. The van der Waals surface area contributed by atoms with Gasteiger partial charge < -0.3 is 10.1 Å². The number of nitrogens with one attached hydrogen (secondary N) is 1. The molecule has 1 unspecified atom stereocenters. The van der Waals surface area contributed by atoms with Crippen LogP contribution in [0.2, 0.25) is 10.2 Å². The van der Waals surface area contributed by atoms with E-state index in [9.17, 15) is 4.79 Å². The Labute approximate surface area is 110 Å². The standard InChI is InChI=1S/C11H14Cl2N2O2/c1-7(6-17-2)4-15-11(16)8-3-9(12)10(13)14-5-8/h3,5,7H,4,6H2,1-2H3,(H,15,16). The molecule has 17 heavy (non-hydrogen) atoms. The summed E-state index contributed by atoms with van der Waals surface area (Å²) in [4.78, 5) is 15.5. The summed E-state index contributed by atoms with van der Waals surface area (Å²) in [6.07, 6.45) is 1.39. The Morgan fingerprint density at radius 1 is 1.59 bits per heavy atom.